The fraction of sp³-hybridized carbons (Fsp3) is 0.565. The van der Waals surface area contributed by atoms with Crippen molar-refractivity contribution in [3.05, 3.63) is 42.0 Å². The summed E-state index contributed by atoms with van der Waals surface area (Å²) in [6.45, 7) is 6.50. The molecule has 0 heterocycles. The Balaban J connectivity index is 1.63. The minimum atomic E-state index is -0.911. The van der Waals surface area contributed by atoms with Gasteiger partial charge in [-0.2, -0.15) is 0 Å². The highest BCUT2D eigenvalue weighted by Gasteiger charge is 2.61. The van der Waals surface area contributed by atoms with E-state index in [0.29, 0.717) is 24.4 Å². The first-order valence-electron chi connectivity index (χ1n) is 9.59. The molecular formula is C23H28O2. The SMILES string of the molecule is C#C[C@@]1(O)CC[C@H]2[C@H]3CCc4cc(OCC=C)ccc4[C@@H]3CC[C@]21C. The molecule has 0 aliphatic heterocycles. The van der Waals surface area contributed by atoms with E-state index in [1.807, 2.05) is 0 Å². The van der Waals surface area contributed by atoms with Crippen molar-refractivity contribution in [2.24, 2.45) is 17.3 Å². The molecule has 3 aliphatic rings. The highest BCUT2D eigenvalue weighted by atomic mass is 16.5. The molecule has 2 heteroatoms. The third kappa shape index (κ3) is 2.36. The van der Waals surface area contributed by atoms with Crippen LogP contribution in [-0.2, 0) is 6.42 Å². The molecule has 2 fully saturated rings. The van der Waals surface area contributed by atoms with E-state index in [2.05, 4.69) is 37.6 Å². The Labute approximate surface area is 151 Å². The zero-order valence-corrected chi connectivity index (χ0v) is 15.1. The second-order valence-electron chi connectivity index (χ2n) is 8.38. The van der Waals surface area contributed by atoms with Gasteiger partial charge in [0, 0.05) is 5.41 Å². The maximum absolute atomic E-state index is 11.0. The Morgan fingerprint density at radius 3 is 2.96 bits per heavy atom. The van der Waals surface area contributed by atoms with Gasteiger partial charge in [-0.3, -0.25) is 0 Å². The van der Waals surface area contributed by atoms with Crippen molar-refractivity contribution in [2.45, 2.75) is 57.0 Å². The molecule has 2 nitrogen and oxygen atoms in total. The average molecular weight is 336 g/mol. The van der Waals surface area contributed by atoms with Gasteiger partial charge in [0.1, 0.15) is 18.0 Å². The Morgan fingerprint density at radius 2 is 2.20 bits per heavy atom. The summed E-state index contributed by atoms with van der Waals surface area (Å²) >= 11 is 0. The largest absolute Gasteiger partial charge is 0.490 e. The minimum absolute atomic E-state index is 0.118. The van der Waals surface area contributed by atoms with Crippen LogP contribution >= 0.6 is 0 Å². The van der Waals surface area contributed by atoms with Crippen molar-refractivity contribution in [3.8, 4) is 18.1 Å². The minimum Gasteiger partial charge on any atom is -0.490 e. The molecule has 2 saturated carbocycles. The van der Waals surface area contributed by atoms with Gasteiger partial charge >= 0.3 is 0 Å². The molecule has 5 atom stereocenters. The molecular weight excluding hydrogens is 308 g/mol. The summed E-state index contributed by atoms with van der Waals surface area (Å²) in [6, 6.07) is 6.59. The van der Waals surface area contributed by atoms with Gasteiger partial charge in [0.2, 0.25) is 0 Å². The van der Waals surface area contributed by atoms with Gasteiger partial charge in [0.25, 0.3) is 0 Å². The van der Waals surface area contributed by atoms with Crippen LogP contribution in [0.25, 0.3) is 0 Å². The van der Waals surface area contributed by atoms with E-state index in [0.717, 1.165) is 37.9 Å². The third-order valence-corrected chi connectivity index (χ3v) is 7.46. The summed E-state index contributed by atoms with van der Waals surface area (Å²) in [4.78, 5) is 0. The molecule has 0 spiro atoms. The Kier molecular flexibility index (Phi) is 3.96. The zero-order chi connectivity index (χ0) is 17.7. The van der Waals surface area contributed by atoms with Crippen LogP contribution in [0.5, 0.6) is 5.75 Å². The molecule has 0 unspecified atom stereocenters. The van der Waals surface area contributed by atoms with Crippen molar-refractivity contribution < 1.29 is 9.84 Å². The molecule has 0 amide bonds. The zero-order valence-electron chi connectivity index (χ0n) is 15.1. The number of benzene rings is 1. The second kappa shape index (κ2) is 5.92. The fourth-order valence-corrected chi connectivity index (χ4v) is 6.06. The summed E-state index contributed by atoms with van der Waals surface area (Å²) in [5.74, 6) is 5.49. The lowest BCUT2D eigenvalue weighted by Crippen LogP contribution is -2.50. The standard InChI is InChI=1S/C23H28O2/c1-4-14-25-17-7-9-18-16(15-17)6-8-20-19(18)10-12-22(3)21(20)11-13-23(22,24)5-2/h2,4,7,9,15,19-21,24H,1,6,8,10-14H2,3H3/t19-,20-,21-,22+,23+/m0/s1. The average Bonchev–Trinajstić information content (AvgIpc) is 2.91. The molecule has 25 heavy (non-hydrogen) atoms. The maximum atomic E-state index is 11.0. The molecule has 0 saturated heterocycles. The van der Waals surface area contributed by atoms with E-state index in [1.165, 1.54) is 17.5 Å². The van der Waals surface area contributed by atoms with Crippen LogP contribution < -0.4 is 4.74 Å². The number of ether oxygens (including phenoxy) is 1. The van der Waals surface area contributed by atoms with E-state index in [9.17, 15) is 5.11 Å². The summed E-state index contributed by atoms with van der Waals surface area (Å²) in [5, 5.41) is 11.0. The number of aryl methyl sites for hydroxylation is 1. The molecule has 0 aromatic heterocycles. The highest BCUT2D eigenvalue weighted by Crippen LogP contribution is 2.64. The first kappa shape index (κ1) is 16.7. The van der Waals surface area contributed by atoms with Gasteiger partial charge < -0.3 is 9.84 Å². The second-order valence-corrected chi connectivity index (χ2v) is 8.38. The van der Waals surface area contributed by atoms with Gasteiger partial charge in [-0.25, -0.2) is 0 Å². The Bertz CT molecular complexity index is 730. The number of fused-ring (bicyclic) bond motifs is 5. The first-order chi connectivity index (χ1) is 12.0. The van der Waals surface area contributed by atoms with Crippen LogP contribution in [0.4, 0.5) is 0 Å². The van der Waals surface area contributed by atoms with E-state index in [-0.39, 0.29) is 5.41 Å². The van der Waals surface area contributed by atoms with Gasteiger partial charge in [-0.1, -0.05) is 31.6 Å². The van der Waals surface area contributed by atoms with Crippen LogP contribution in [0.2, 0.25) is 0 Å². The number of hydrogen-bond donors (Lipinski definition) is 1. The van der Waals surface area contributed by atoms with Crippen LogP contribution in [-0.4, -0.2) is 17.3 Å². The smallest absolute Gasteiger partial charge is 0.130 e. The fourth-order valence-electron chi connectivity index (χ4n) is 6.06. The van der Waals surface area contributed by atoms with Gasteiger partial charge in [-0.15, -0.1) is 6.42 Å². The lowest BCUT2D eigenvalue weighted by atomic mass is 9.53. The molecule has 1 N–H and O–H groups in total. The lowest BCUT2D eigenvalue weighted by molar-refractivity contribution is -0.0646. The maximum Gasteiger partial charge on any atom is 0.130 e. The first-order valence-corrected chi connectivity index (χ1v) is 9.59. The van der Waals surface area contributed by atoms with Crippen molar-refractivity contribution in [1.29, 1.82) is 0 Å². The quantitative estimate of drug-likeness (QED) is 0.652. The topological polar surface area (TPSA) is 29.5 Å². The van der Waals surface area contributed by atoms with Gasteiger partial charge in [-0.05, 0) is 79.5 Å². The van der Waals surface area contributed by atoms with Crippen LogP contribution in [0.15, 0.2) is 30.9 Å². The summed E-state index contributed by atoms with van der Waals surface area (Å²) in [5.41, 5.74) is 1.91. The molecule has 0 radical (unpaired) electrons. The number of hydrogen-bond acceptors (Lipinski definition) is 2. The van der Waals surface area contributed by atoms with Crippen molar-refractivity contribution >= 4 is 0 Å². The molecule has 132 valence electrons. The summed E-state index contributed by atoms with van der Waals surface area (Å²) < 4.78 is 5.71. The summed E-state index contributed by atoms with van der Waals surface area (Å²) in [6.07, 6.45) is 13.8. The molecule has 0 bridgehead atoms. The monoisotopic (exact) mass is 336 g/mol. The van der Waals surface area contributed by atoms with Crippen LogP contribution in [0, 0.1) is 29.6 Å². The number of terminal acetylenes is 1. The predicted molar refractivity (Wildman–Crippen MR) is 101 cm³/mol. The predicted octanol–water partition coefficient (Wildman–Crippen LogP) is 4.47. The molecule has 1 aromatic rings. The van der Waals surface area contributed by atoms with Crippen LogP contribution in [0.1, 0.15) is 56.1 Å². The van der Waals surface area contributed by atoms with E-state index in [1.54, 1.807) is 6.08 Å². The third-order valence-electron chi connectivity index (χ3n) is 7.46. The molecule has 1 aromatic carbocycles. The van der Waals surface area contributed by atoms with E-state index in [4.69, 9.17) is 11.2 Å². The van der Waals surface area contributed by atoms with Gasteiger partial charge in [0.15, 0.2) is 0 Å². The van der Waals surface area contributed by atoms with Crippen molar-refractivity contribution in [3.63, 3.8) is 0 Å². The summed E-state index contributed by atoms with van der Waals surface area (Å²) in [7, 11) is 0. The van der Waals surface area contributed by atoms with Crippen LogP contribution in [0.3, 0.4) is 0 Å². The Morgan fingerprint density at radius 1 is 1.36 bits per heavy atom. The van der Waals surface area contributed by atoms with E-state index >= 15 is 0 Å². The Hall–Kier alpha value is -1.72. The van der Waals surface area contributed by atoms with Gasteiger partial charge in [0.05, 0.1) is 0 Å². The number of rotatable bonds is 3. The number of aliphatic hydroxyl groups is 1. The normalized spacial score (nSPS) is 38.8. The molecule has 3 aliphatic carbocycles. The van der Waals surface area contributed by atoms with E-state index < -0.39 is 5.60 Å². The van der Waals surface area contributed by atoms with Crippen molar-refractivity contribution in [2.75, 3.05) is 6.61 Å². The lowest BCUT2D eigenvalue weighted by Gasteiger charge is -2.52. The molecule has 4 rings (SSSR count). The highest BCUT2D eigenvalue weighted by molar-refractivity contribution is 5.41. The van der Waals surface area contributed by atoms with Crippen molar-refractivity contribution in [1.82, 2.24) is 0 Å².